The van der Waals surface area contributed by atoms with Crippen LogP contribution in [-0.4, -0.2) is 24.5 Å². The first-order chi connectivity index (χ1) is 11.7. The summed E-state index contributed by atoms with van der Waals surface area (Å²) in [5.74, 6) is 0. The Morgan fingerprint density at radius 2 is 1.88 bits per heavy atom. The molecule has 0 aliphatic carbocycles. The smallest absolute Gasteiger partial charge is 0.283 e. The highest BCUT2D eigenvalue weighted by atomic mass is 79.9. The molecule has 0 radical (unpaired) electrons. The average Bonchev–Trinajstić information content (AvgIpc) is 3.03. The van der Waals surface area contributed by atoms with E-state index in [2.05, 4.69) is 31.2 Å². The van der Waals surface area contributed by atoms with Crippen LogP contribution in [0.25, 0.3) is 16.9 Å². The van der Waals surface area contributed by atoms with Gasteiger partial charge in [0, 0.05) is 4.47 Å². The summed E-state index contributed by atoms with van der Waals surface area (Å²) in [6.07, 6.45) is 1.54. The normalized spacial score (nSPS) is 11.0. The largest absolute Gasteiger partial charge is 0.293 e. The van der Waals surface area contributed by atoms with Crippen LogP contribution < -0.4 is 5.56 Å². The quantitative estimate of drug-likeness (QED) is 0.547. The molecule has 0 saturated carbocycles. The zero-order chi connectivity index (χ0) is 16.5. The second kappa shape index (κ2) is 6.01. The Morgan fingerprint density at radius 3 is 2.67 bits per heavy atom. The van der Waals surface area contributed by atoms with Gasteiger partial charge in [0.15, 0.2) is 11.2 Å². The predicted octanol–water partition coefficient (Wildman–Crippen LogP) is 2.79. The fourth-order valence-electron chi connectivity index (χ4n) is 2.53. The van der Waals surface area contributed by atoms with Gasteiger partial charge in [-0.2, -0.15) is 4.68 Å². The lowest BCUT2D eigenvalue weighted by atomic mass is 10.2. The average molecular weight is 382 g/mol. The Morgan fingerprint density at radius 1 is 1.04 bits per heavy atom. The van der Waals surface area contributed by atoms with Crippen molar-refractivity contribution < 1.29 is 0 Å². The molecule has 0 saturated heterocycles. The molecule has 2 aromatic heterocycles. The first-order valence-electron chi connectivity index (χ1n) is 7.33. The fraction of sp³-hybridized carbons (Fsp3) is 0.0588. The van der Waals surface area contributed by atoms with Crippen molar-refractivity contribution >= 4 is 27.1 Å². The van der Waals surface area contributed by atoms with Gasteiger partial charge in [0.05, 0.1) is 12.2 Å². The lowest BCUT2D eigenvalue weighted by Crippen LogP contribution is -2.21. The molecule has 118 valence electrons. The first-order valence-corrected chi connectivity index (χ1v) is 8.12. The standard InChI is InChI=1S/C17H12BrN5O/c18-13-6-4-5-12(9-13)10-22-11-19-16-15(17(22)24)20-21-23(16)14-7-2-1-3-8-14/h1-9,11H,10H2. The zero-order valence-electron chi connectivity index (χ0n) is 12.5. The molecular formula is C17H12BrN5O. The molecule has 0 fully saturated rings. The molecule has 0 bridgehead atoms. The number of nitrogens with zero attached hydrogens (tertiary/aromatic N) is 5. The zero-order valence-corrected chi connectivity index (χ0v) is 14.1. The lowest BCUT2D eigenvalue weighted by molar-refractivity contribution is 0.745. The summed E-state index contributed by atoms with van der Waals surface area (Å²) in [7, 11) is 0. The Labute approximate surface area is 145 Å². The van der Waals surface area contributed by atoms with Crippen LogP contribution in [0.1, 0.15) is 5.56 Å². The van der Waals surface area contributed by atoms with Gasteiger partial charge in [0.25, 0.3) is 5.56 Å². The number of rotatable bonds is 3. The van der Waals surface area contributed by atoms with Crippen molar-refractivity contribution in [2.45, 2.75) is 6.54 Å². The van der Waals surface area contributed by atoms with Crippen LogP contribution >= 0.6 is 15.9 Å². The minimum absolute atomic E-state index is 0.206. The van der Waals surface area contributed by atoms with Gasteiger partial charge in [-0.15, -0.1) is 5.10 Å². The molecule has 0 spiro atoms. The number of hydrogen-bond acceptors (Lipinski definition) is 4. The molecule has 7 heteroatoms. The summed E-state index contributed by atoms with van der Waals surface area (Å²) in [5.41, 5.74) is 2.33. The van der Waals surface area contributed by atoms with Crippen molar-refractivity contribution in [3.05, 3.63) is 81.3 Å². The third-order valence-electron chi connectivity index (χ3n) is 3.67. The second-order valence-corrected chi connectivity index (χ2v) is 6.23. The van der Waals surface area contributed by atoms with E-state index in [0.717, 1.165) is 15.7 Å². The highest BCUT2D eigenvalue weighted by molar-refractivity contribution is 9.10. The molecular weight excluding hydrogens is 370 g/mol. The van der Waals surface area contributed by atoms with E-state index < -0.39 is 0 Å². The Bertz CT molecular complexity index is 1070. The number of aromatic nitrogens is 5. The topological polar surface area (TPSA) is 65.6 Å². The van der Waals surface area contributed by atoms with Gasteiger partial charge in [-0.3, -0.25) is 9.36 Å². The summed E-state index contributed by atoms with van der Waals surface area (Å²) >= 11 is 3.43. The Kier molecular flexibility index (Phi) is 3.70. The molecule has 0 N–H and O–H groups in total. The number of hydrogen-bond donors (Lipinski definition) is 0. The summed E-state index contributed by atoms with van der Waals surface area (Å²) in [5, 5.41) is 8.09. The number of benzene rings is 2. The van der Waals surface area contributed by atoms with E-state index in [1.807, 2.05) is 54.6 Å². The summed E-state index contributed by atoms with van der Waals surface area (Å²) < 4.78 is 4.07. The van der Waals surface area contributed by atoms with E-state index in [1.165, 1.54) is 10.9 Å². The maximum Gasteiger partial charge on any atom is 0.283 e. The summed E-state index contributed by atoms with van der Waals surface area (Å²) in [6.45, 7) is 0.430. The maximum atomic E-state index is 12.7. The van der Waals surface area contributed by atoms with Crippen LogP contribution in [0, 0.1) is 0 Å². The van der Waals surface area contributed by atoms with Crippen LogP contribution in [0.4, 0.5) is 0 Å². The van der Waals surface area contributed by atoms with Crippen LogP contribution in [0.15, 0.2) is 70.2 Å². The molecule has 6 nitrogen and oxygen atoms in total. The molecule has 4 aromatic rings. The molecule has 0 atom stereocenters. The maximum absolute atomic E-state index is 12.7. The molecule has 2 heterocycles. The second-order valence-electron chi connectivity index (χ2n) is 5.32. The van der Waals surface area contributed by atoms with Crippen LogP contribution in [-0.2, 0) is 6.54 Å². The van der Waals surface area contributed by atoms with Crippen molar-refractivity contribution in [3.8, 4) is 5.69 Å². The Hall–Kier alpha value is -2.80. The number of halogens is 1. The van der Waals surface area contributed by atoms with Crippen LogP contribution in [0.2, 0.25) is 0 Å². The van der Waals surface area contributed by atoms with Gasteiger partial charge in [-0.25, -0.2) is 4.98 Å². The van der Waals surface area contributed by atoms with Crippen molar-refractivity contribution in [2.24, 2.45) is 0 Å². The van der Waals surface area contributed by atoms with Gasteiger partial charge in [0.1, 0.15) is 6.33 Å². The van der Waals surface area contributed by atoms with E-state index in [-0.39, 0.29) is 11.1 Å². The van der Waals surface area contributed by atoms with E-state index in [4.69, 9.17) is 0 Å². The lowest BCUT2D eigenvalue weighted by Gasteiger charge is -2.06. The number of para-hydroxylation sites is 1. The third kappa shape index (κ3) is 2.63. The molecule has 4 rings (SSSR count). The van der Waals surface area contributed by atoms with Gasteiger partial charge in [-0.1, -0.05) is 51.5 Å². The predicted molar refractivity (Wildman–Crippen MR) is 94.2 cm³/mol. The van der Waals surface area contributed by atoms with Gasteiger partial charge in [-0.05, 0) is 29.8 Å². The van der Waals surface area contributed by atoms with Crippen molar-refractivity contribution in [1.82, 2.24) is 24.5 Å². The minimum Gasteiger partial charge on any atom is -0.293 e. The highest BCUT2D eigenvalue weighted by Crippen LogP contribution is 2.14. The van der Waals surface area contributed by atoms with Crippen molar-refractivity contribution in [3.63, 3.8) is 0 Å². The molecule has 0 amide bonds. The molecule has 0 aliphatic heterocycles. The number of fused-ring (bicyclic) bond motifs is 1. The molecule has 24 heavy (non-hydrogen) atoms. The molecule has 0 aliphatic rings. The van der Waals surface area contributed by atoms with Gasteiger partial charge >= 0.3 is 0 Å². The summed E-state index contributed by atoms with van der Waals surface area (Å²) in [6, 6.07) is 17.3. The fourth-order valence-corrected chi connectivity index (χ4v) is 2.98. The van der Waals surface area contributed by atoms with E-state index in [1.54, 1.807) is 4.68 Å². The molecule has 0 unspecified atom stereocenters. The molecule has 2 aromatic carbocycles. The van der Waals surface area contributed by atoms with Gasteiger partial charge in [0.2, 0.25) is 0 Å². The van der Waals surface area contributed by atoms with Crippen molar-refractivity contribution in [2.75, 3.05) is 0 Å². The van der Waals surface area contributed by atoms with E-state index in [0.29, 0.717) is 12.2 Å². The van der Waals surface area contributed by atoms with Crippen molar-refractivity contribution in [1.29, 1.82) is 0 Å². The monoisotopic (exact) mass is 381 g/mol. The minimum atomic E-state index is -0.206. The van der Waals surface area contributed by atoms with E-state index in [9.17, 15) is 4.79 Å². The summed E-state index contributed by atoms with van der Waals surface area (Å²) in [4.78, 5) is 17.0. The van der Waals surface area contributed by atoms with E-state index >= 15 is 0 Å². The SMILES string of the molecule is O=c1c2nnn(-c3ccccc3)c2ncn1Cc1cccc(Br)c1. The van der Waals surface area contributed by atoms with Gasteiger partial charge < -0.3 is 0 Å². The van der Waals surface area contributed by atoms with Crippen LogP contribution in [0.3, 0.4) is 0 Å². The van der Waals surface area contributed by atoms with Crippen LogP contribution in [0.5, 0.6) is 0 Å². The third-order valence-corrected chi connectivity index (χ3v) is 4.17. The highest BCUT2D eigenvalue weighted by Gasteiger charge is 2.13. The first kappa shape index (κ1) is 14.8. The Balaban J connectivity index is 1.78.